The van der Waals surface area contributed by atoms with Gasteiger partial charge < -0.3 is 9.05 Å². The molecule has 0 N–H and O–H groups in total. The maximum absolute atomic E-state index is 12.3. The molecule has 0 aromatic carbocycles. The summed E-state index contributed by atoms with van der Waals surface area (Å²) in [5.41, 5.74) is -0.0555. The third kappa shape index (κ3) is 6.87. The van der Waals surface area contributed by atoms with Crippen LogP contribution in [0.25, 0.3) is 0 Å². The first-order valence-corrected chi connectivity index (χ1v) is 13.6. The summed E-state index contributed by atoms with van der Waals surface area (Å²) in [4.78, 5) is 17.3. The maximum Gasteiger partial charge on any atom is 0.446 e. The molecule has 0 bridgehead atoms. The Morgan fingerprint density at radius 1 is 1.26 bits per heavy atom. The molecular weight excluding hydrogens is 425 g/mol. The van der Waals surface area contributed by atoms with Crippen molar-refractivity contribution >= 4 is 53.5 Å². The van der Waals surface area contributed by atoms with E-state index in [1.807, 2.05) is 10.3 Å². The Hall–Kier alpha value is 0.170. The fraction of sp³-hybridized carbons (Fsp3) is 0.875. The minimum absolute atomic E-state index is 0.0555. The Morgan fingerprint density at radius 2 is 1.85 bits per heavy atom. The van der Waals surface area contributed by atoms with E-state index in [-0.39, 0.29) is 11.5 Å². The summed E-state index contributed by atoms with van der Waals surface area (Å²) in [6.07, 6.45) is 6.89. The van der Waals surface area contributed by atoms with Crippen molar-refractivity contribution in [3.05, 3.63) is 0 Å². The van der Waals surface area contributed by atoms with Gasteiger partial charge in [0.25, 0.3) is 6.64 Å². The van der Waals surface area contributed by atoms with Gasteiger partial charge >= 0.3 is 6.09 Å². The van der Waals surface area contributed by atoms with Gasteiger partial charge in [0.2, 0.25) is 0 Å². The number of thioether (sulfide) groups is 1. The van der Waals surface area contributed by atoms with Crippen molar-refractivity contribution in [2.45, 2.75) is 58.9 Å². The second-order valence-corrected chi connectivity index (χ2v) is 13.2. The number of rotatable bonds is 5. The monoisotopic (exact) mass is 455 g/mol. The summed E-state index contributed by atoms with van der Waals surface area (Å²) in [5, 5.41) is 4.49. The molecule has 1 saturated heterocycles. The summed E-state index contributed by atoms with van der Waals surface area (Å²) in [6.45, 7) is 4.42. The third-order valence-corrected chi connectivity index (χ3v) is 9.96. The van der Waals surface area contributed by atoms with Crippen LogP contribution in [0.1, 0.15) is 52.9 Å². The number of carbonyl (C=O) groups excluding carboxylic acids is 1. The van der Waals surface area contributed by atoms with Crippen LogP contribution in [0.5, 0.6) is 0 Å². The van der Waals surface area contributed by atoms with Gasteiger partial charge in [0, 0.05) is 18.5 Å². The summed E-state index contributed by atoms with van der Waals surface area (Å²) in [7, 11) is 1.65. The van der Waals surface area contributed by atoms with Gasteiger partial charge in [0.15, 0.2) is 0 Å². The summed E-state index contributed by atoms with van der Waals surface area (Å²) < 4.78 is 15.6. The van der Waals surface area contributed by atoms with Crippen LogP contribution in [-0.2, 0) is 25.7 Å². The van der Waals surface area contributed by atoms with E-state index in [0.29, 0.717) is 18.3 Å². The first-order chi connectivity index (χ1) is 12.7. The minimum Gasteiger partial charge on any atom is -0.317 e. The molecule has 2 aliphatic rings. The first kappa shape index (κ1) is 23.4. The zero-order valence-electron chi connectivity index (χ0n) is 16.7. The van der Waals surface area contributed by atoms with E-state index in [1.165, 1.54) is 34.6 Å². The lowest BCUT2D eigenvalue weighted by molar-refractivity contribution is 0.0465. The fourth-order valence-corrected chi connectivity index (χ4v) is 7.39. The van der Waals surface area contributed by atoms with Crippen molar-refractivity contribution in [2.24, 2.45) is 10.6 Å². The predicted molar refractivity (Wildman–Crippen MR) is 117 cm³/mol. The number of oxime groups is 1. The number of hydrogen-bond donors (Lipinski definition) is 0. The molecule has 0 aromatic heterocycles. The molecular formula is C16H30N3O4PS3. The Balaban J connectivity index is 2.10. The molecule has 7 nitrogen and oxygen atoms in total. The smallest absolute Gasteiger partial charge is 0.317 e. The molecule has 1 aliphatic carbocycles. The van der Waals surface area contributed by atoms with Crippen LogP contribution < -0.4 is 0 Å². The van der Waals surface area contributed by atoms with Crippen LogP contribution in [0.15, 0.2) is 5.16 Å². The van der Waals surface area contributed by atoms with Gasteiger partial charge in [-0.3, -0.25) is 4.84 Å². The maximum atomic E-state index is 12.3. The zero-order chi connectivity index (χ0) is 20.1. The van der Waals surface area contributed by atoms with Crippen molar-refractivity contribution in [2.75, 3.05) is 26.5 Å². The molecule has 156 valence electrons. The average molecular weight is 456 g/mol. The van der Waals surface area contributed by atoms with Crippen LogP contribution >= 0.6 is 30.5 Å². The summed E-state index contributed by atoms with van der Waals surface area (Å²) in [5.74, 6) is 0. The van der Waals surface area contributed by atoms with Gasteiger partial charge in [-0.1, -0.05) is 38.3 Å². The topological polar surface area (TPSA) is 63.6 Å². The molecule has 0 spiro atoms. The highest BCUT2D eigenvalue weighted by atomic mass is 32.5. The van der Waals surface area contributed by atoms with Crippen molar-refractivity contribution in [1.29, 1.82) is 0 Å². The lowest BCUT2D eigenvalue weighted by Gasteiger charge is -2.44. The van der Waals surface area contributed by atoms with Crippen molar-refractivity contribution in [1.82, 2.24) is 8.38 Å². The van der Waals surface area contributed by atoms with Crippen molar-refractivity contribution in [3.63, 3.8) is 0 Å². The highest BCUT2D eigenvalue weighted by molar-refractivity contribution is 8.15. The van der Waals surface area contributed by atoms with E-state index in [0.717, 1.165) is 25.7 Å². The van der Waals surface area contributed by atoms with Crippen molar-refractivity contribution < 1.29 is 18.7 Å². The van der Waals surface area contributed by atoms with E-state index in [1.54, 1.807) is 14.0 Å². The van der Waals surface area contributed by atoms with E-state index in [4.69, 9.17) is 25.7 Å². The van der Waals surface area contributed by atoms with Gasteiger partial charge in [-0.05, 0) is 37.8 Å². The Labute approximate surface area is 176 Å². The van der Waals surface area contributed by atoms with E-state index >= 15 is 0 Å². The zero-order valence-corrected chi connectivity index (χ0v) is 20.0. The predicted octanol–water partition coefficient (Wildman–Crippen LogP) is 5.25. The number of nitrogens with zero attached hydrogens (tertiary/aromatic N) is 3. The number of amides is 1. The van der Waals surface area contributed by atoms with Gasteiger partial charge in [0.1, 0.15) is 5.04 Å². The Kier molecular flexibility index (Phi) is 8.92. The molecule has 2 fully saturated rings. The fourth-order valence-electron chi connectivity index (χ4n) is 2.68. The summed E-state index contributed by atoms with van der Waals surface area (Å²) >= 11 is 8.51. The Morgan fingerprint density at radius 3 is 2.41 bits per heavy atom. The third-order valence-electron chi connectivity index (χ3n) is 4.38. The molecule has 11 heteroatoms. The standard InChI is InChI=1S/C16H30N3O4PS3/c1-13(26-5)17-23-15(20)18(4)27-19(14-9-7-6-8-10-14)24(25)21-11-16(2,3)12-22-24/h14H,6-12H2,1-5H3/b17-13+. The second-order valence-electron chi connectivity index (χ2n) is 7.52. The molecule has 0 radical (unpaired) electrons. The van der Waals surface area contributed by atoms with Crippen LogP contribution in [0.4, 0.5) is 4.79 Å². The van der Waals surface area contributed by atoms with Crippen LogP contribution in [0, 0.1) is 5.41 Å². The number of hydrogen-bond acceptors (Lipinski definition) is 8. The highest BCUT2D eigenvalue weighted by Crippen LogP contribution is 2.62. The van der Waals surface area contributed by atoms with E-state index in [2.05, 4.69) is 19.0 Å². The SMILES string of the molecule is CS/C(C)=N/OC(=O)N(C)SN(C1CCCCC1)P1(=S)OCC(C)(C)CO1. The van der Waals surface area contributed by atoms with Crippen LogP contribution in [-0.4, -0.2) is 52.1 Å². The molecule has 1 saturated carbocycles. The van der Waals surface area contributed by atoms with Gasteiger partial charge in [0.05, 0.1) is 25.3 Å². The molecule has 0 atom stereocenters. The molecule has 27 heavy (non-hydrogen) atoms. The lowest BCUT2D eigenvalue weighted by atomic mass is 9.96. The lowest BCUT2D eigenvalue weighted by Crippen LogP contribution is -2.39. The van der Waals surface area contributed by atoms with Crippen molar-refractivity contribution in [3.8, 4) is 0 Å². The molecule has 0 aromatic rings. The molecule has 0 unspecified atom stereocenters. The van der Waals surface area contributed by atoms with Gasteiger partial charge in [-0.15, -0.1) is 11.8 Å². The number of carbonyl (C=O) groups is 1. The Bertz CT molecular complexity index is 585. The normalized spacial score (nSPS) is 23.3. The van der Waals surface area contributed by atoms with E-state index in [9.17, 15) is 4.79 Å². The summed E-state index contributed by atoms with van der Waals surface area (Å²) in [6, 6.07) is 0.225. The highest BCUT2D eigenvalue weighted by Gasteiger charge is 2.43. The van der Waals surface area contributed by atoms with Crippen LogP contribution in [0.3, 0.4) is 0 Å². The first-order valence-electron chi connectivity index (χ1n) is 9.07. The molecule has 2 rings (SSSR count). The minimum atomic E-state index is -2.67. The molecule has 1 amide bonds. The molecule has 1 aliphatic heterocycles. The quantitative estimate of drug-likeness (QED) is 0.139. The molecule has 1 heterocycles. The van der Waals surface area contributed by atoms with Crippen LogP contribution in [0.2, 0.25) is 0 Å². The van der Waals surface area contributed by atoms with Gasteiger partial charge in [-0.25, -0.2) is 9.10 Å². The largest absolute Gasteiger partial charge is 0.446 e. The average Bonchev–Trinajstić information content (AvgIpc) is 2.66. The van der Waals surface area contributed by atoms with Gasteiger partial charge in [-0.2, -0.15) is 4.08 Å². The van der Waals surface area contributed by atoms with E-state index < -0.39 is 12.7 Å². The second kappa shape index (κ2) is 10.3.